The quantitative estimate of drug-likeness (QED) is 0.722. The molecule has 0 radical (unpaired) electrons. The van der Waals surface area contributed by atoms with Gasteiger partial charge in [0.05, 0.1) is 0 Å². The van der Waals surface area contributed by atoms with E-state index in [-0.39, 0.29) is 0 Å². The maximum Gasteiger partial charge on any atom is 0.135 e. The van der Waals surface area contributed by atoms with Gasteiger partial charge in [-0.25, -0.2) is 0 Å². The van der Waals surface area contributed by atoms with Crippen LogP contribution >= 0.6 is 0 Å². The van der Waals surface area contributed by atoms with Crippen molar-refractivity contribution in [1.82, 2.24) is 0 Å². The molecule has 1 aromatic carbocycles. The van der Waals surface area contributed by atoms with Gasteiger partial charge in [-0.1, -0.05) is 31.4 Å². The van der Waals surface area contributed by atoms with Crippen LogP contribution in [0.25, 0.3) is 23.6 Å². The molecule has 1 aromatic heterocycles. The first-order chi connectivity index (χ1) is 6.68. The molecule has 2 heteroatoms. The molecule has 0 spiro atoms. The average Bonchev–Trinajstić information content (AvgIpc) is 2.43. The maximum atomic E-state index is 5.52. The second kappa shape index (κ2) is 3.07. The predicted octanol–water partition coefficient (Wildman–Crippen LogP) is 1.10. The van der Waals surface area contributed by atoms with E-state index < -0.39 is 0 Å². The van der Waals surface area contributed by atoms with Crippen LogP contribution in [0.2, 0.25) is 0 Å². The Morgan fingerprint density at radius 2 is 2.07 bits per heavy atom. The molecule has 0 unspecified atom stereocenters. The van der Waals surface area contributed by atoms with E-state index in [2.05, 4.69) is 13.2 Å². The Morgan fingerprint density at radius 3 is 2.79 bits per heavy atom. The van der Waals surface area contributed by atoms with E-state index in [9.17, 15) is 0 Å². The number of hydrogen-bond donors (Lipinski definition) is 1. The predicted molar refractivity (Wildman–Crippen MR) is 58.8 cm³/mol. The highest BCUT2D eigenvalue weighted by Crippen LogP contribution is 2.06. The van der Waals surface area contributed by atoms with Gasteiger partial charge in [-0.3, -0.25) is 0 Å². The number of rotatable bonds is 1. The summed E-state index contributed by atoms with van der Waals surface area (Å²) < 4.78 is 5.46. The van der Waals surface area contributed by atoms with E-state index in [1.54, 1.807) is 6.08 Å². The van der Waals surface area contributed by atoms with Crippen molar-refractivity contribution in [2.24, 2.45) is 5.73 Å². The molecule has 0 atom stereocenters. The van der Waals surface area contributed by atoms with Crippen LogP contribution in [-0.2, 0) is 0 Å². The number of furan rings is 1. The molecule has 1 heterocycles. The second-order valence-corrected chi connectivity index (χ2v) is 3.15. The Bertz CT molecular complexity index is 592. The minimum atomic E-state index is 0.501. The molecule has 0 aliphatic rings. The minimum Gasteiger partial charge on any atom is -0.457 e. The molecule has 0 bridgehead atoms. The van der Waals surface area contributed by atoms with Crippen LogP contribution in [0, 0.1) is 0 Å². The third-order valence-electron chi connectivity index (χ3n) is 2.04. The first-order valence-electron chi connectivity index (χ1n) is 4.31. The van der Waals surface area contributed by atoms with Gasteiger partial charge >= 0.3 is 0 Å². The lowest BCUT2D eigenvalue weighted by Crippen LogP contribution is -2.19. The number of para-hydroxylation sites is 1. The molecule has 0 amide bonds. The van der Waals surface area contributed by atoms with Crippen LogP contribution in [0.1, 0.15) is 0 Å². The summed E-state index contributed by atoms with van der Waals surface area (Å²) in [6, 6.07) is 7.75. The molecule has 2 rings (SSSR count). The molecule has 0 aliphatic carbocycles. The highest BCUT2D eigenvalue weighted by Gasteiger charge is 1.99. The average molecular weight is 185 g/mol. The summed E-state index contributed by atoms with van der Waals surface area (Å²) >= 11 is 0. The standard InChI is InChI=1S/C12H11NO/c1-8(13)7-11-9(2)14-12-6-4-3-5-10(11)12/h3-7H,1-2,13H2/b11-7+. The van der Waals surface area contributed by atoms with Crippen LogP contribution in [0.3, 0.4) is 0 Å². The second-order valence-electron chi connectivity index (χ2n) is 3.15. The molecule has 0 saturated heterocycles. The smallest absolute Gasteiger partial charge is 0.135 e. The van der Waals surface area contributed by atoms with Crippen LogP contribution in [0.5, 0.6) is 0 Å². The monoisotopic (exact) mass is 185 g/mol. The van der Waals surface area contributed by atoms with Crippen LogP contribution < -0.4 is 16.4 Å². The van der Waals surface area contributed by atoms with Gasteiger partial charge in [0.25, 0.3) is 0 Å². The van der Waals surface area contributed by atoms with Gasteiger partial charge in [0.15, 0.2) is 0 Å². The van der Waals surface area contributed by atoms with Gasteiger partial charge in [0.1, 0.15) is 11.0 Å². The maximum absolute atomic E-state index is 5.52. The van der Waals surface area contributed by atoms with E-state index in [1.165, 1.54) is 0 Å². The van der Waals surface area contributed by atoms with E-state index >= 15 is 0 Å². The summed E-state index contributed by atoms with van der Waals surface area (Å²) in [5, 5.41) is 1.93. The Morgan fingerprint density at radius 1 is 1.36 bits per heavy atom. The van der Waals surface area contributed by atoms with Gasteiger partial charge in [-0.2, -0.15) is 0 Å². The van der Waals surface area contributed by atoms with Gasteiger partial charge < -0.3 is 10.2 Å². The number of hydrogen-bond acceptors (Lipinski definition) is 2. The molecule has 0 saturated carbocycles. The van der Waals surface area contributed by atoms with Crippen LogP contribution in [-0.4, -0.2) is 0 Å². The first-order valence-corrected chi connectivity index (χ1v) is 4.31. The topological polar surface area (TPSA) is 39.2 Å². The number of fused-ring (bicyclic) bond motifs is 1. The summed E-state index contributed by atoms with van der Waals surface area (Å²) in [5.41, 5.74) is 7.47. The normalized spacial score (nSPS) is 12.1. The summed E-state index contributed by atoms with van der Waals surface area (Å²) in [6.07, 6.45) is 1.77. The van der Waals surface area contributed by atoms with Crippen molar-refractivity contribution < 1.29 is 4.42 Å². The SMILES string of the molecule is C=C(N)/C=c1\c(=C)oc2ccccc12. The summed E-state index contributed by atoms with van der Waals surface area (Å²) in [4.78, 5) is 0. The van der Waals surface area contributed by atoms with Gasteiger partial charge in [-0.15, -0.1) is 0 Å². The fourth-order valence-corrected chi connectivity index (χ4v) is 1.46. The first kappa shape index (κ1) is 8.63. The molecule has 0 fully saturated rings. The fraction of sp³-hybridized carbons (Fsp3) is 0. The van der Waals surface area contributed by atoms with Crippen molar-refractivity contribution in [3.63, 3.8) is 0 Å². The van der Waals surface area contributed by atoms with Crippen molar-refractivity contribution in [2.45, 2.75) is 0 Å². The Labute approximate surface area is 81.6 Å². The molecule has 2 aromatic rings. The molecule has 0 aliphatic heterocycles. The Balaban J connectivity index is 2.95. The van der Waals surface area contributed by atoms with E-state index in [4.69, 9.17) is 10.2 Å². The molecule has 14 heavy (non-hydrogen) atoms. The number of benzene rings is 1. The van der Waals surface area contributed by atoms with Crippen LogP contribution in [0.4, 0.5) is 0 Å². The zero-order valence-electron chi connectivity index (χ0n) is 7.79. The molecule has 2 N–H and O–H groups in total. The van der Waals surface area contributed by atoms with E-state index in [0.717, 1.165) is 16.2 Å². The lowest BCUT2D eigenvalue weighted by molar-refractivity contribution is 0.577. The third-order valence-corrected chi connectivity index (χ3v) is 2.04. The minimum absolute atomic E-state index is 0.501. The largest absolute Gasteiger partial charge is 0.457 e. The summed E-state index contributed by atoms with van der Waals surface area (Å²) in [5.74, 6) is 0. The van der Waals surface area contributed by atoms with Crippen molar-refractivity contribution in [1.29, 1.82) is 0 Å². The van der Waals surface area contributed by atoms with Gasteiger partial charge in [0, 0.05) is 16.3 Å². The number of nitrogens with two attached hydrogens (primary N) is 1. The third kappa shape index (κ3) is 1.31. The van der Waals surface area contributed by atoms with Gasteiger partial charge in [0.2, 0.25) is 0 Å². The number of allylic oxidation sites excluding steroid dienone is 1. The van der Waals surface area contributed by atoms with Crippen LogP contribution in [0.15, 0.2) is 41.0 Å². The summed E-state index contributed by atoms with van der Waals surface area (Å²) in [7, 11) is 0. The summed E-state index contributed by atoms with van der Waals surface area (Å²) in [6.45, 7) is 7.45. The van der Waals surface area contributed by atoms with E-state index in [0.29, 0.717) is 11.1 Å². The Hall–Kier alpha value is -1.96. The molecular formula is C12H11NO. The highest BCUT2D eigenvalue weighted by atomic mass is 16.3. The van der Waals surface area contributed by atoms with Crippen molar-refractivity contribution in [3.05, 3.63) is 47.2 Å². The molecule has 2 nitrogen and oxygen atoms in total. The van der Waals surface area contributed by atoms with Crippen molar-refractivity contribution in [2.75, 3.05) is 0 Å². The van der Waals surface area contributed by atoms with Gasteiger partial charge in [-0.05, 0) is 12.1 Å². The zero-order valence-corrected chi connectivity index (χ0v) is 7.79. The fourth-order valence-electron chi connectivity index (χ4n) is 1.46. The molecule has 70 valence electrons. The van der Waals surface area contributed by atoms with E-state index in [1.807, 2.05) is 24.3 Å². The van der Waals surface area contributed by atoms with Crippen molar-refractivity contribution >= 4 is 23.6 Å². The van der Waals surface area contributed by atoms with Crippen molar-refractivity contribution in [3.8, 4) is 0 Å². The lowest BCUT2D eigenvalue weighted by atomic mass is 10.2. The highest BCUT2D eigenvalue weighted by molar-refractivity contribution is 5.79. The zero-order chi connectivity index (χ0) is 10.1. The lowest BCUT2D eigenvalue weighted by Gasteiger charge is -1.86. The molecular weight excluding hydrogens is 174 g/mol. The Kier molecular flexibility index (Phi) is 1.89.